The Morgan fingerprint density at radius 3 is 2.65 bits per heavy atom. The zero-order chi connectivity index (χ0) is 16.8. The number of halogens is 2. The second kappa shape index (κ2) is 8.36. The zero-order valence-electron chi connectivity index (χ0n) is 13.6. The van der Waals surface area contributed by atoms with E-state index >= 15 is 0 Å². The number of carbonyl (C=O) groups excluding carboxylic acids is 1. The van der Waals surface area contributed by atoms with Gasteiger partial charge in [0, 0.05) is 25.7 Å². The minimum absolute atomic E-state index is 0.274. The van der Waals surface area contributed by atoms with Crippen LogP contribution in [-0.4, -0.2) is 60.5 Å². The van der Waals surface area contributed by atoms with Crippen molar-refractivity contribution in [3.8, 4) is 0 Å². The number of ether oxygens (including phenoxy) is 1. The Kier molecular flexibility index (Phi) is 6.47. The van der Waals surface area contributed by atoms with Gasteiger partial charge in [-0.1, -0.05) is 30.3 Å². The molecule has 6 heteroatoms. The highest BCUT2D eigenvalue weighted by Crippen LogP contribution is 2.14. The van der Waals surface area contributed by atoms with Gasteiger partial charge in [-0.25, -0.2) is 8.78 Å². The zero-order valence-corrected chi connectivity index (χ0v) is 13.6. The minimum Gasteiger partial charge on any atom is -0.366 e. The van der Waals surface area contributed by atoms with E-state index in [9.17, 15) is 13.6 Å². The number of benzene rings is 1. The van der Waals surface area contributed by atoms with Gasteiger partial charge in [0.1, 0.15) is 6.10 Å². The lowest BCUT2D eigenvalue weighted by atomic mass is 10.1. The fourth-order valence-corrected chi connectivity index (χ4v) is 2.73. The molecule has 0 bridgehead atoms. The average molecular weight is 326 g/mol. The van der Waals surface area contributed by atoms with E-state index in [0.29, 0.717) is 13.2 Å². The molecular formula is C17H24F2N2O2. The lowest BCUT2D eigenvalue weighted by molar-refractivity contribution is -0.153. The quantitative estimate of drug-likeness (QED) is 0.805. The fraction of sp³-hybridized carbons (Fsp3) is 0.588. The Morgan fingerprint density at radius 2 is 2.04 bits per heavy atom. The third-order valence-corrected chi connectivity index (χ3v) is 3.92. The summed E-state index contributed by atoms with van der Waals surface area (Å²) >= 11 is 0. The van der Waals surface area contributed by atoms with Crippen LogP contribution in [0.3, 0.4) is 0 Å². The Morgan fingerprint density at radius 1 is 1.35 bits per heavy atom. The standard InChI is InChI=1S/C17H24F2N2O2/c1-13(2)21(12-16(18)19)17(22)15-11-20(8-9-23-15)10-14-6-4-3-5-7-14/h3-7,13,15-16H,8-12H2,1-2H3. The van der Waals surface area contributed by atoms with Gasteiger partial charge in [-0.3, -0.25) is 9.69 Å². The van der Waals surface area contributed by atoms with Gasteiger partial charge in [0.05, 0.1) is 13.2 Å². The summed E-state index contributed by atoms with van der Waals surface area (Å²) in [4.78, 5) is 15.9. The maximum atomic E-state index is 12.7. The highest BCUT2D eigenvalue weighted by atomic mass is 19.3. The molecule has 0 N–H and O–H groups in total. The summed E-state index contributed by atoms with van der Waals surface area (Å²) in [6.45, 7) is 5.26. The van der Waals surface area contributed by atoms with E-state index in [4.69, 9.17) is 4.74 Å². The van der Waals surface area contributed by atoms with Gasteiger partial charge < -0.3 is 9.64 Å². The molecule has 0 radical (unpaired) electrons. The summed E-state index contributed by atoms with van der Waals surface area (Å²) in [6.07, 6.45) is -3.21. The van der Waals surface area contributed by atoms with Crippen LogP contribution < -0.4 is 0 Å². The molecule has 1 amide bonds. The van der Waals surface area contributed by atoms with Gasteiger partial charge in [0.25, 0.3) is 12.3 Å². The Balaban J connectivity index is 1.97. The van der Waals surface area contributed by atoms with E-state index in [1.54, 1.807) is 13.8 Å². The molecule has 2 rings (SSSR count). The number of carbonyl (C=O) groups is 1. The molecule has 1 unspecified atom stereocenters. The van der Waals surface area contributed by atoms with Gasteiger partial charge in [-0.15, -0.1) is 0 Å². The van der Waals surface area contributed by atoms with Crippen LogP contribution in [0.5, 0.6) is 0 Å². The van der Waals surface area contributed by atoms with Crippen LogP contribution in [-0.2, 0) is 16.1 Å². The first kappa shape index (κ1) is 17.8. The molecule has 4 nitrogen and oxygen atoms in total. The van der Waals surface area contributed by atoms with Crippen molar-refractivity contribution in [1.29, 1.82) is 0 Å². The van der Waals surface area contributed by atoms with Gasteiger partial charge in [0.2, 0.25) is 0 Å². The molecule has 0 spiro atoms. The SMILES string of the molecule is CC(C)N(CC(F)F)C(=O)C1CN(Cc2ccccc2)CCO1. The lowest BCUT2D eigenvalue weighted by Crippen LogP contribution is -2.53. The first-order valence-corrected chi connectivity index (χ1v) is 7.94. The summed E-state index contributed by atoms with van der Waals surface area (Å²) < 4.78 is 30.9. The summed E-state index contributed by atoms with van der Waals surface area (Å²) in [5.41, 5.74) is 1.16. The van der Waals surface area contributed by atoms with Crippen molar-refractivity contribution in [2.75, 3.05) is 26.2 Å². The first-order valence-electron chi connectivity index (χ1n) is 7.94. The van der Waals surface area contributed by atoms with Crippen LogP contribution in [0.1, 0.15) is 19.4 Å². The summed E-state index contributed by atoms with van der Waals surface area (Å²) in [5, 5.41) is 0. The van der Waals surface area contributed by atoms with E-state index in [-0.39, 0.29) is 11.9 Å². The molecule has 0 saturated carbocycles. The minimum atomic E-state index is -2.54. The Bertz CT molecular complexity index is 497. The number of nitrogens with zero attached hydrogens (tertiary/aromatic N) is 2. The van der Waals surface area contributed by atoms with Crippen LogP contribution in [0.15, 0.2) is 30.3 Å². The maximum absolute atomic E-state index is 12.7. The van der Waals surface area contributed by atoms with E-state index in [1.165, 1.54) is 4.90 Å². The Hall–Kier alpha value is -1.53. The summed E-state index contributed by atoms with van der Waals surface area (Å²) in [6, 6.07) is 9.69. The third-order valence-electron chi connectivity index (χ3n) is 3.92. The second-order valence-electron chi connectivity index (χ2n) is 6.06. The van der Waals surface area contributed by atoms with Crippen molar-refractivity contribution in [2.45, 2.75) is 39.0 Å². The number of amides is 1. The molecule has 1 heterocycles. The smallest absolute Gasteiger partial charge is 0.255 e. The van der Waals surface area contributed by atoms with Gasteiger partial charge in [0.15, 0.2) is 0 Å². The molecule has 0 aliphatic carbocycles. The largest absolute Gasteiger partial charge is 0.366 e. The van der Waals surface area contributed by atoms with Crippen molar-refractivity contribution < 1.29 is 18.3 Å². The van der Waals surface area contributed by atoms with Crippen LogP contribution in [0.2, 0.25) is 0 Å². The van der Waals surface area contributed by atoms with E-state index in [1.807, 2.05) is 30.3 Å². The molecule has 128 valence electrons. The molecule has 1 aliphatic rings. The van der Waals surface area contributed by atoms with Gasteiger partial charge in [-0.05, 0) is 19.4 Å². The number of morpholine rings is 1. The number of alkyl halides is 2. The molecule has 1 atom stereocenters. The second-order valence-corrected chi connectivity index (χ2v) is 6.06. The van der Waals surface area contributed by atoms with Crippen LogP contribution in [0.25, 0.3) is 0 Å². The average Bonchev–Trinajstić information content (AvgIpc) is 2.53. The number of rotatable bonds is 6. The van der Waals surface area contributed by atoms with Crippen LogP contribution in [0.4, 0.5) is 8.78 Å². The Labute approximate surface area is 136 Å². The molecule has 23 heavy (non-hydrogen) atoms. The van der Waals surface area contributed by atoms with Crippen molar-refractivity contribution in [3.63, 3.8) is 0 Å². The molecule has 1 saturated heterocycles. The van der Waals surface area contributed by atoms with Gasteiger partial charge >= 0.3 is 0 Å². The molecule has 1 aromatic rings. The van der Waals surface area contributed by atoms with E-state index in [0.717, 1.165) is 18.7 Å². The normalized spacial score (nSPS) is 19.3. The van der Waals surface area contributed by atoms with Crippen molar-refractivity contribution in [2.24, 2.45) is 0 Å². The predicted molar refractivity (Wildman–Crippen MR) is 84.3 cm³/mol. The van der Waals surface area contributed by atoms with Crippen molar-refractivity contribution >= 4 is 5.91 Å². The van der Waals surface area contributed by atoms with Crippen molar-refractivity contribution in [1.82, 2.24) is 9.80 Å². The highest BCUT2D eigenvalue weighted by molar-refractivity contribution is 5.81. The molecule has 0 aromatic heterocycles. The monoisotopic (exact) mass is 326 g/mol. The lowest BCUT2D eigenvalue weighted by Gasteiger charge is -2.36. The maximum Gasteiger partial charge on any atom is 0.255 e. The van der Waals surface area contributed by atoms with Crippen LogP contribution >= 0.6 is 0 Å². The summed E-state index contributed by atoms with van der Waals surface area (Å²) in [5.74, 6) is -0.349. The fourth-order valence-electron chi connectivity index (χ4n) is 2.73. The van der Waals surface area contributed by atoms with E-state index < -0.39 is 19.1 Å². The van der Waals surface area contributed by atoms with Crippen molar-refractivity contribution in [3.05, 3.63) is 35.9 Å². The van der Waals surface area contributed by atoms with Gasteiger partial charge in [-0.2, -0.15) is 0 Å². The van der Waals surface area contributed by atoms with Crippen LogP contribution in [0, 0.1) is 0 Å². The predicted octanol–water partition coefficient (Wildman–Crippen LogP) is 2.39. The van der Waals surface area contributed by atoms with E-state index in [2.05, 4.69) is 4.90 Å². The number of hydrogen-bond donors (Lipinski definition) is 0. The highest BCUT2D eigenvalue weighted by Gasteiger charge is 2.32. The molecule has 1 aliphatic heterocycles. The molecule has 1 fully saturated rings. The molecule has 1 aromatic carbocycles. The molecular weight excluding hydrogens is 302 g/mol. The topological polar surface area (TPSA) is 32.8 Å². The first-order chi connectivity index (χ1) is 11.0. The third kappa shape index (κ3) is 5.25. The summed E-state index contributed by atoms with van der Waals surface area (Å²) in [7, 11) is 0. The number of hydrogen-bond acceptors (Lipinski definition) is 3.